The zero-order valence-corrected chi connectivity index (χ0v) is 11.7. The second-order valence-electron chi connectivity index (χ2n) is 4.69. The number of amides is 1. The van der Waals surface area contributed by atoms with Gasteiger partial charge in [-0.3, -0.25) is 0 Å². The fourth-order valence-electron chi connectivity index (χ4n) is 2.15. The Bertz CT molecular complexity index is 537. The van der Waals surface area contributed by atoms with Crippen LogP contribution in [0.25, 0.3) is 0 Å². The van der Waals surface area contributed by atoms with Crippen molar-refractivity contribution in [2.24, 2.45) is 0 Å². The molecule has 104 valence electrons. The molecule has 20 heavy (non-hydrogen) atoms. The van der Waals surface area contributed by atoms with Gasteiger partial charge in [-0.05, 0) is 31.9 Å². The van der Waals surface area contributed by atoms with Gasteiger partial charge in [-0.1, -0.05) is 36.1 Å². The molecular weight excluding hydrogens is 250 g/mol. The molecule has 0 radical (unpaired) electrons. The van der Waals surface area contributed by atoms with Crippen molar-refractivity contribution in [1.29, 1.82) is 0 Å². The molecule has 3 heteroatoms. The highest BCUT2D eigenvalue weighted by Crippen LogP contribution is 2.18. The van der Waals surface area contributed by atoms with Crippen LogP contribution in [0.5, 0.6) is 0 Å². The molecule has 0 saturated heterocycles. The van der Waals surface area contributed by atoms with Crippen molar-refractivity contribution in [3.8, 4) is 11.8 Å². The SMILES string of the molecule is CCOC(=O)NC1CCC=C(C#Cc2ccccc2)C1. The first-order chi connectivity index (χ1) is 9.78. The van der Waals surface area contributed by atoms with Crippen molar-refractivity contribution >= 4 is 6.09 Å². The molecule has 0 spiro atoms. The molecule has 1 N–H and O–H groups in total. The first-order valence-corrected chi connectivity index (χ1v) is 6.97. The van der Waals surface area contributed by atoms with E-state index in [0.717, 1.165) is 30.4 Å². The minimum Gasteiger partial charge on any atom is -0.450 e. The van der Waals surface area contributed by atoms with E-state index in [1.807, 2.05) is 30.3 Å². The standard InChI is InChI=1S/C17H19NO2/c1-2-20-17(19)18-16-10-6-9-15(13-16)12-11-14-7-4-3-5-8-14/h3-5,7-9,16H,2,6,10,13H2,1H3,(H,18,19). The largest absolute Gasteiger partial charge is 0.450 e. The van der Waals surface area contributed by atoms with Crippen LogP contribution in [0.15, 0.2) is 42.0 Å². The van der Waals surface area contributed by atoms with Crippen LogP contribution < -0.4 is 5.32 Å². The molecule has 3 nitrogen and oxygen atoms in total. The van der Waals surface area contributed by atoms with E-state index in [4.69, 9.17) is 4.74 Å². The lowest BCUT2D eigenvalue weighted by molar-refractivity contribution is 0.147. The number of ether oxygens (including phenoxy) is 1. The Labute approximate surface area is 120 Å². The smallest absolute Gasteiger partial charge is 0.407 e. The summed E-state index contributed by atoms with van der Waals surface area (Å²) in [6, 6.07) is 10.0. The van der Waals surface area contributed by atoms with Gasteiger partial charge in [0.25, 0.3) is 0 Å². The lowest BCUT2D eigenvalue weighted by atomic mass is 9.95. The number of allylic oxidation sites excluding steroid dienone is 1. The monoisotopic (exact) mass is 269 g/mol. The van der Waals surface area contributed by atoms with Gasteiger partial charge in [0.1, 0.15) is 0 Å². The molecule has 1 unspecified atom stereocenters. The minimum absolute atomic E-state index is 0.124. The fourth-order valence-corrected chi connectivity index (χ4v) is 2.15. The molecular formula is C17H19NO2. The first kappa shape index (κ1) is 14.2. The predicted octanol–water partition coefficient (Wildman–Crippen LogP) is 3.26. The maximum atomic E-state index is 11.4. The van der Waals surface area contributed by atoms with Gasteiger partial charge in [0.2, 0.25) is 0 Å². The average Bonchev–Trinajstić information content (AvgIpc) is 2.47. The topological polar surface area (TPSA) is 38.3 Å². The van der Waals surface area contributed by atoms with Gasteiger partial charge in [0.05, 0.1) is 6.61 Å². The Morgan fingerprint density at radius 1 is 1.35 bits per heavy atom. The van der Waals surface area contributed by atoms with E-state index in [-0.39, 0.29) is 12.1 Å². The summed E-state index contributed by atoms with van der Waals surface area (Å²) >= 11 is 0. The summed E-state index contributed by atoms with van der Waals surface area (Å²) in [6.45, 7) is 2.20. The van der Waals surface area contributed by atoms with Crippen molar-refractivity contribution in [1.82, 2.24) is 5.32 Å². The van der Waals surface area contributed by atoms with E-state index in [2.05, 4.69) is 23.2 Å². The summed E-state index contributed by atoms with van der Waals surface area (Å²) in [5, 5.41) is 2.88. The van der Waals surface area contributed by atoms with Crippen LogP contribution in [0.1, 0.15) is 31.7 Å². The number of rotatable bonds is 2. The lowest BCUT2D eigenvalue weighted by Crippen LogP contribution is -2.36. The van der Waals surface area contributed by atoms with Crippen LogP contribution in [0.4, 0.5) is 4.79 Å². The molecule has 1 aliphatic carbocycles. The highest BCUT2D eigenvalue weighted by molar-refractivity contribution is 5.67. The number of alkyl carbamates (subject to hydrolysis) is 1. The van der Waals surface area contributed by atoms with Crippen molar-refractivity contribution in [2.75, 3.05) is 6.61 Å². The number of hydrogen-bond acceptors (Lipinski definition) is 2. The number of hydrogen-bond donors (Lipinski definition) is 1. The van der Waals surface area contributed by atoms with E-state index in [1.54, 1.807) is 6.92 Å². The maximum Gasteiger partial charge on any atom is 0.407 e. The number of nitrogens with one attached hydrogen (secondary N) is 1. The van der Waals surface area contributed by atoms with Crippen molar-refractivity contribution in [2.45, 2.75) is 32.2 Å². The highest BCUT2D eigenvalue weighted by Gasteiger charge is 2.17. The Morgan fingerprint density at radius 3 is 2.90 bits per heavy atom. The Hall–Kier alpha value is -2.21. The zero-order chi connectivity index (χ0) is 14.2. The molecule has 1 aromatic rings. The van der Waals surface area contributed by atoms with Gasteiger partial charge in [0.15, 0.2) is 0 Å². The molecule has 0 aliphatic heterocycles. The van der Waals surface area contributed by atoms with Crippen molar-refractivity contribution < 1.29 is 9.53 Å². The number of benzene rings is 1. The van der Waals surface area contributed by atoms with Gasteiger partial charge in [0, 0.05) is 23.6 Å². The summed E-state index contributed by atoms with van der Waals surface area (Å²) < 4.78 is 4.90. The predicted molar refractivity (Wildman–Crippen MR) is 79.2 cm³/mol. The molecule has 0 aromatic heterocycles. The van der Waals surface area contributed by atoms with Crippen LogP contribution in [0, 0.1) is 11.8 Å². The first-order valence-electron chi connectivity index (χ1n) is 6.97. The highest BCUT2D eigenvalue weighted by atomic mass is 16.5. The second-order valence-corrected chi connectivity index (χ2v) is 4.69. The summed E-state index contributed by atoms with van der Waals surface area (Å²) in [5.74, 6) is 6.34. The van der Waals surface area contributed by atoms with E-state index < -0.39 is 0 Å². The van der Waals surface area contributed by atoms with Crippen LogP contribution in [0.2, 0.25) is 0 Å². The summed E-state index contributed by atoms with van der Waals surface area (Å²) in [4.78, 5) is 11.4. The lowest BCUT2D eigenvalue weighted by Gasteiger charge is -2.21. The summed E-state index contributed by atoms with van der Waals surface area (Å²) in [5.41, 5.74) is 2.09. The van der Waals surface area contributed by atoms with Gasteiger partial charge < -0.3 is 10.1 Å². The summed E-state index contributed by atoms with van der Waals surface area (Å²) in [7, 11) is 0. The van der Waals surface area contributed by atoms with Gasteiger partial charge in [-0.15, -0.1) is 0 Å². The Morgan fingerprint density at radius 2 is 2.15 bits per heavy atom. The van der Waals surface area contributed by atoms with E-state index >= 15 is 0 Å². The molecule has 1 atom stereocenters. The maximum absolute atomic E-state index is 11.4. The number of carbonyl (C=O) groups is 1. The Balaban J connectivity index is 1.92. The zero-order valence-electron chi connectivity index (χ0n) is 11.7. The van der Waals surface area contributed by atoms with Gasteiger partial charge in [-0.2, -0.15) is 0 Å². The van der Waals surface area contributed by atoms with E-state index in [9.17, 15) is 4.79 Å². The van der Waals surface area contributed by atoms with Crippen LogP contribution in [-0.4, -0.2) is 18.7 Å². The molecule has 0 saturated carbocycles. The second kappa shape index (κ2) is 7.40. The quantitative estimate of drug-likeness (QED) is 0.837. The van der Waals surface area contributed by atoms with Crippen LogP contribution >= 0.6 is 0 Å². The molecule has 1 aliphatic rings. The normalized spacial score (nSPS) is 17.4. The van der Waals surface area contributed by atoms with E-state index in [0.29, 0.717) is 6.61 Å². The summed E-state index contributed by atoms with van der Waals surface area (Å²) in [6.07, 6.45) is 4.47. The van der Waals surface area contributed by atoms with Gasteiger partial charge in [-0.25, -0.2) is 4.79 Å². The molecule has 0 heterocycles. The van der Waals surface area contributed by atoms with Crippen LogP contribution in [-0.2, 0) is 4.74 Å². The van der Waals surface area contributed by atoms with Crippen LogP contribution in [0.3, 0.4) is 0 Å². The fraction of sp³-hybridized carbons (Fsp3) is 0.353. The van der Waals surface area contributed by atoms with Gasteiger partial charge >= 0.3 is 6.09 Å². The third kappa shape index (κ3) is 4.47. The number of carbonyl (C=O) groups excluding carboxylic acids is 1. The molecule has 2 rings (SSSR count). The average molecular weight is 269 g/mol. The third-order valence-corrected chi connectivity index (χ3v) is 3.11. The Kier molecular flexibility index (Phi) is 5.25. The van der Waals surface area contributed by atoms with Crippen molar-refractivity contribution in [3.05, 3.63) is 47.5 Å². The van der Waals surface area contributed by atoms with E-state index in [1.165, 1.54) is 0 Å². The molecule has 1 amide bonds. The molecule has 0 bridgehead atoms. The molecule has 0 fully saturated rings. The minimum atomic E-state index is -0.338. The van der Waals surface area contributed by atoms with Crippen molar-refractivity contribution in [3.63, 3.8) is 0 Å². The molecule has 1 aromatic carbocycles. The third-order valence-electron chi connectivity index (χ3n) is 3.11.